The Morgan fingerprint density at radius 2 is 1.90 bits per heavy atom. The zero-order valence-corrected chi connectivity index (χ0v) is 15.0. The molecule has 0 radical (unpaired) electrons. The van der Waals surface area contributed by atoms with Crippen LogP contribution in [0, 0.1) is 11.3 Å². The summed E-state index contributed by atoms with van der Waals surface area (Å²) in [6, 6.07) is 8.17. The fourth-order valence-corrected chi connectivity index (χ4v) is 2.77. The van der Waals surface area contributed by atoms with E-state index in [0.717, 1.165) is 33.5 Å². The van der Waals surface area contributed by atoms with Gasteiger partial charge in [0.2, 0.25) is 0 Å². The average molecular weight is 350 g/mol. The molecule has 0 saturated heterocycles. The lowest BCUT2D eigenvalue weighted by molar-refractivity contribution is 0.258. The molecule has 1 heterocycles. The van der Waals surface area contributed by atoms with Crippen molar-refractivity contribution in [2.45, 2.75) is 34.1 Å². The molecule has 2 N–H and O–H groups in total. The molecule has 1 aromatic carbocycles. The molecule has 0 aliphatic heterocycles. The monoisotopic (exact) mass is 349 g/mol. The van der Waals surface area contributed by atoms with Crippen LogP contribution in [0.1, 0.15) is 33.4 Å². The minimum Gasteiger partial charge on any atom is -0.383 e. The van der Waals surface area contributed by atoms with E-state index in [0.29, 0.717) is 5.92 Å². The lowest BCUT2D eigenvalue weighted by Crippen LogP contribution is -2.20. The molecule has 114 valence electrons. The number of aromatic nitrogens is 2. The molecule has 0 spiro atoms. The maximum Gasteiger partial charge on any atom is 0.129 e. The minimum absolute atomic E-state index is 0.247. The maximum atomic E-state index is 6.27. The van der Waals surface area contributed by atoms with Gasteiger partial charge in [-0.15, -0.1) is 0 Å². The molecule has 0 saturated carbocycles. The van der Waals surface area contributed by atoms with E-state index in [1.807, 2.05) is 25.2 Å². The molecule has 0 aliphatic carbocycles. The van der Waals surface area contributed by atoms with Crippen LogP contribution in [-0.2, 0) is 13.5 Å². The third-order valence-electron chi connectivity index (χ3n) is 4.29. The zero-order valence-electron chi connectivity index (χ0n) is 13.4. The zero-order chi connectivity index (χ0) is 15.8. The number of hydrogen-bond donors (Lipinski definition) is 1. The van der Waals surface area contributed by atoms with Gasteiger partial charge < -0.3 is 5.73 Å². The predicted molar refractivity (Wildman–Crippen MR) is 93.1 cm³/mol. The van der Waals surface area contributed by atoms with Crippen LogP contribution in [0.25, 0.3) is 11.1 Å². The number of rotatable bonds is 3. The maximum absolute atomic E-state index is 6.27. The first kappa shape index (κ1) is 16.1. The van der Waals surface area contributed by atoms with Gasteiger partial charge in [-0.3, -0.25) is 4.68 Å². The first-order valence-electron chi connectivity index (χ1n) is 7.28. The van der Waals surface area contributed by atoms with Crippen molar-refractivity contribution >= 4 is 21.7 Å². The van der Waals surface area contributed by atoms with Crippen LogP contribution < -0.4 is 5.73 Å². The standard InChI is InChI=1S/C17H24BrN3/c1-11(17(2,3)4)10-14-15(16(19)21(5)20-14)12-8-6-7-9-13(12)18/h6-9,11H,10,19H2,1-5H3. The van der Waals surface area contributed by atoms with Crippen LogP contribution in [0.15, 0.2) is 28.7 Å². The third kappa shape index (κ3) is 3.31. The number of nitrogens with two attached hydrogens (primary N) is 1. The van der Waals surface area contributed by atoms with Crippen LogP contribution in [0.3, 0.4) is 0 Å². The number of aryl methyl sites for hydroxylation is 1. The van der Waals surface area contributed by atoms with E-state index in [-0.39, 0.29) is 5.41 Å². The van der Waals surface area contributed by atoms with E-state index >= 15 is 0 Å². The van der Waals surface area contributed by atoms with Crippen LogP contribution in [0.4, 0.5) is 5.82 Å². The number of nitrogens with zero attached hydrogens (tertiary/aromatic N) is 2. The van der Waals surface area contributed by atoms with Gasteiger partial charge in [-0.2, -0.15) is 5.10 Å². The Morgan fingerprint density at radius 1 is 1.29 bits per heavy atom. The Morgan fingerprint density at radius 3 is 2.48 bits per heavy atom. The molecule has 1 unspecified atom stereocenters. The van der Waals surface area contributed by atoms with E-state index in [4.69, 9.17) is 5.73 Å². The molecule has 2 aromatic rings. The first-order valence-corrected chi connectivity index (χ1v) is 8.07. The molecule has 0 aliphatic rings. The molecule has 1 aromatic heterocycles. The Bertz CT molecular complexity index is 638. The van der Waals surface area contributed by atoms with Gasteiger partial charge in [0.15, 0.2) is 0 Å². The van der Waals surface area contributed by atoms with Crippen molar-refractivity contribution < 1.29 is 0 Å². The second kappa shape index (κ2) is 5.84. The second-order valence-electron chi connectivity index (χ2n) is 6.78. The van der Waals surface area contributed by atoms with Crippen molar-refractivity contribution in [3.8, 4) is 11.1 Å². The lowest BCUT2D eigenvalue weighted by Gasteiger charge is -2.26. The summed E-state index contributed by atoms with van der Waals surface area (Å²) in [5.41, 5.74) is 9.76. The summed E-state index contributed by atoms with van der Waals surface area (Å²) in [7, 11) is 1.90. The molecule has 1 atom stereocenters. The van der Waals surface area contributed by atoms with Crippen molar-refractivity contribution in [2.24, 2.45) is 18.4 Å². The highest BCUT2D eigenvalue weighted by atomic mass is 79.9. The summed E-state index contributed by atoms with van der Waals surface area (Å²) in [5, 5.41) is 4.65. The van der Waals surface area contributed by atoms with Gasteiger partial charge in [-0.1, -0.05) is 61.8 Å². The Kier molecular flexibility index (Phi) is 4.47. The van der Waals surface area contributed by atoms with Crippen molar-refractivity contribution in [2.75, 3.05) is 5.73 Å². The summed E-state index contributed by atoms with van der Waals surface area (Å²) in [5.74, 6) is 1.24. The van der Waals surface area contributed by atoms with Crippen LogP contribution in [-0.4, -0.2) is 9.78 Å². The van der Waals surface area contributed by atoms with E-state index in [9.17, 15) is 0 Å². The molecular weight excluding hydrogens is 326 g/mol. The SMILES string of the molecule is CC(Cc1nn(C)c(N)c1-c1ccccc1Br)C(C)(C)C. The summed E-state index contributed by atoms with van der Waals surface area (Å²) in [6.45, 7) is 9.07. The molecule has 0 fully saturated rings. The fourth-order valence-electron chi connectivity index (χ4n) is 2.29. The summed E-state index contributed by atoms with van der Waals surface area (Å²) in [6.07, 6.45) is 0.922. The normalized spacial score (nSPS) is 13.4. The highest BCUT2D eigenvalue weighted by Gasteiger charge is 2.25. The number of hydrogen-bond acceptors (Lipinski definition) is 2. The molecule has 3 nitrogen and oxygen atoms in total. The Labute approximate surface area is 135 Å². The third-order valence-corrected chi connectivity index (χ3v) is 4.98. The fraction of sp³-hybridized carbons (Fsp3) is 0.471. The minimum atomic E-state index is 0.247. The number of benzene rings is 1. The van der Waals surface area contributed by atoms with E-state index in [2.05, 4.69) is 54.8 Å². The van der Waals surface area contributed by atoms with E-state index < -0.39 is 0 Å². The van der Waals surface area contributed by atoms with Crippen molar-refractivity contribution in [3.63, 3.8) is 0 Å². The van der Waals surface area contributed by atoms with Gasteiger partial charge in [-0.05, 0) is 23.8 Å². The van der Waals surface area contributed by atoms with Gasteiger partial charge in [0.05, 0.1) is 5.69 Å². The first-order chi connectivity index (χ1) is 9.71. The largest absolute Gasteiger partial charge is 0.383 e. The molecule has 2 rings (SSSR count). The van der Waals surface area contributed by atoms with Crippen LogP contribution in [0.5, 0.6) is 0 Å². The molecular formula is C17H24BrN3. The number of anilines is 1. The predicted octanol–water partition coefficient (Wildman–Crippen LogP) is 4.66. The van der Waals surface area contributed by atoms with Gasteiger partial charge in [0.1, 0.15) is 5.82 Å². The van der Waals surface area contributed by atoms with Crippen molar-refractivity contribution in [1.82, 2.24) is 9.78 Å². The number of nitrogen functional groups attached to an aromatic ring is 1. The molecule has 0 amide bonds. The van der Waals surface area contributed by atoms with E-state index in [1.54, 1.807) is 4.68 Å². The topological polar surface area (TPSA) is 43.8 Å². The van der Waals surface area contributed by atoms with E-state index in [1.165, 1.54) is 0 Å². The molecule has 21 heavy (non-hydrogen) atoms. The summed E-state index contributed by atoms with van der Waals surface area (Å²) >= 11 is 3.62. The quantitative estimate of drug-likeness (QED) is 0.875. The highest BCUT2D eigenvalue weighted by Crippen LogP contribution is 2.37. The van der Waals surface area contributed by atoms with Crippen LogP contribution in [0.2, 0.25) is 0 Å². The van der Waals surface area contributed by atoms with Gasteiger partial charge >= 0.3 is 0 Å². The van der Waals surface area contributed by atoms with Crippen molar-refractivity contribution in [3.05, 3.63) is 34.4 Å². The average Bonchev–Trinajstić information content (AvgIpc) is 2.65. The molecule has 4 heteroatoms. The van der Waals surface area contributed by atoms with Gasteiger partial charge in [0, 0.05) is 22.6 Å². The Balaban J connectivity index is 2.50. The van der Waals surface area contributed by atoms with Crippen LogP contribution >= 0.6 is 15.9 Å². The smallest absolute Gasteiger partial charge is 0.129 e. The van der Waals surface area contributed by atoms with Gasteiger partial charge in [0.25, 0.3) is 0 Å². The summed E-state index contributed by atoms with van der Waals surface area (Å²) in [4.78, 5) is 0. The second-order valence-corrected chi connectivity index (χ2v) is 7.64. The van der Waals surface area contributed by atoms with Gasteiger partial charge in [-0.25, -0.2) is 0 Å². The molecule has 0 bridgehead atoms. The summed E-state index contributed by atoms with van der Waals surface area (Å²) < 4.78 is 2.83. The Hall–Kier alpha value is -1.29. The van der Waals surface area contributed by atoms with Crippen molar-refractivity contribution in [1.29, 1.82) is 0 Å². The highest BCUT2D eigenvalue weighted by molar-refractivity contribution is 9.10. The number of halogens is 1. The lowest BCUT2D eigenvalue weighted by atomic mass is 9.79.